The van der Waals surface area contributed by atoms with Gasteiger partial charge in [-0.2, -0.15) is 5.26 Å². The minimum atomic E-state index is -0.0919. The largest absolute Gasteiger partial charge is 0.466 e. The number of carbonyl (C=O) groups excluding carboxylic acids is 1. The number of nitriles is 1. The zero-order valence-corrected chi connectivity index (χ0v) is 12.1. The van der Waals surface area contributed by atoms with Crippen molar-refractivity contribution in [2.75, 3.05) is 6.61 Å². The van der Waals surface area contributed by atoms with E-state index in [4.69, 9.17) is 10.00 Å². The van der Waals surface area contributed by atoms with Gasteiger partial charge in [-0.15, -0.1) is 0 Å². The van der Waals surface area contributed by atoms with Gasteiger partial charge >= 0.3 is 5.97 Å². The zero-order valence-electron chi connectivity index (χ0n) is 12.1. The van der Waals surface area contributed by atoms with Crippen molar-refractivity contribution < 1.29 is 9.53 Å². The third kappa shape index (κ3) is 2.40. The number of hydrogen-bond acceptors (Lipinski definition) is 3. The van der Waals surface area contributed by atoms with Gasteiger partial charge in [0.1, 0.15) is 0 Å². The van der Waals surface area contributed by atoms with Gasteiger partial charge in [0, 0.05) is 17.1 Å². The molecule has 0 bridgehead atoms. The molecule has 21 heavy (non-hydrogen) atoms. The van der Waals surface area contributed by atoms with E-state index in [0.29, 0.717) is 12.2 Å². The van der Waals surface area contributed by atoms with E-state index in [9.17, 15) is 4.79 Å². The summed E-state index contributed by atoms with van der Waals surface area (Å²) in [5.41, 5.74) is 2.80. The van der Waals surface area contributed by atoms with Crippen molar-refractivity contribution >= 4 is 16.9 Å². The molecule has 2 aromatic rings. The van der Waals surface area contributed by atoms with E-state index in [1.807, 2.05) is 25.3 Å². The van der Waals surface area contributed by atoms with Crippen LogP contribution < -0.4 is 0 Å². The fourth-order valence-corrected chi connectivity index (χ4v) is 3.38. The van der Waals surface area contributed by atoms with Crippen molar-refractivity contribution in [2.24, 2.45) is 5.92 Å². The first kappa shape index (κ1) is 13.7. The minimum absolute atomic E-state index is 0.0605. The molecule has 2 atom stereocenters. The van der Waals surface area contributed by atoms with Crippen LogP contribution in [0, 0.1) is 17.2 Å². The third-order valence-electron chi connectivity index (χ3n) is 4.35. The van der Waals surface area contributed by atoms with Crippen molar-refractivity contribution in [1.29, 1.82) is 5.26 Å². The van der Waals surface area contributed by atoms with Crippen LogP contribution in [-0.2, 0) is 9.53 Å². The molecule has 0 saturated heterocycles. The Morgan fingerprint density at radius 3 is 3.10 bits per heavy atom. The highest BCUT2D eigenvalue weighted by Gasteiger charge is 2.36. The van der Waals surface area contributed by atoms with Gasteiger partial charge in [-0.3, -0.25) is 4.79 Å². The van der Waals surface area contributed by atoms with Gasteiger partial charge in [-0.25, -0.2) is 0 Å². The number of esters is 1. The van der Waals surface area contributed by atoms with Crippen molar-refractivity contribution in [3.63, 3.8) is 0 Å². The second-order valence-corrected chi connectivity index (χ2v) is 5.51. The molecule has 3 rings (SSSR count). The monoisotopic (exact) mass is 282 g/mol. The molecule has 1 fully saturated rings. The molecule has 4 heteroatoms. The Morgan fingerprint density at radius 1 is 1.48 bits per heavy atom. The fourth-order valence-electron chi connectivity index (χ4n) is 3.38. The van der Waals surface area contributed by atoms with Crippen molar-refractivity contribution in [3.8, 4) is 6.07 Å². The topological polar surface area (TPSA) is 65.9 Å². The molecular weight excluding hydrogens is 264 g/mol. The van der Waals surface area contributed by atoms with E-state index < -0.39 is 0 Å². The number of hydrogen-bond donors (Lipinski definition) is 1. The molecule has 1 aromatic heterocycles. The fraction of sp³-hybridized carbons (Fsp3) is 0.412. The quantitative estimate of drug-likeness (QED) is 0.876. The molecule has 1 heterocycles. The summed E-state index contributed by atoms with van der Waals surface area (Å²) in [6.07, 6.45) is 4.90. The summed E-state index contributed by atoms with van der Waals surface area (Å²) >= 11 is 0. The average Bonchev–Trinajstić information content (AvgIpc) is 3.12. The third-order valence-corrected chi connectivity index (χ3v) is 4.35. The summed E-state index contributed by atoms with van der Waals surface area (Å²) < 4.78 is 5.21. The van der Waals surface area contributed by atoms with Crippen LogP contribution in [-0.4, -0.2) is 17.6 Å². The SMILES string of the molecule is CCOC(=O)C1CCCC1c1c[nH]c2ccc(C#N)cc12. The highest BCUT2D eigenvalue weighted by atomic mass is 16.5. The van der Waals surface area contributed by atoms with Gasteiger partial charge in [-0.1, -0.05) is 6.42 Å². The molecule has 108 valence electrons. The predicted molar refractivity (Wildman–Crippen MR) is 79.7 cm³/mol. The Bertz CT molecular complexity index is 711. The standard InChI is InChI=1S/C17H18N2O2/c1-2-21-17(20)13-5-3-4-12(13)15-10-19-16-7-6-11(9-18)8-14(15)16/h6-8,10,12-13,19H,2-5H2,1H3. The summed E-state index contributed by atoms with van der Waals surface area (Å²) in [5.74, 6) is 0.0345. The van der Waals surface area contributed by atoms with Crippen LogP contribution in [0.15, 0.2) is 24.4 Å². The number of benzene rings is 1. The van der Waals surface area contributed by atoms with Gasteiger partial charge in [0.05, 0.1) is 24.2 Å². The first-order chi connectivity index (χ1) is 10.2. The molecule has 4 nitrogen and oxygen atoms in total. The second kappa shape index (κ2) is 5.61. The van der Waals surface area contributed by atoms with Gasteiger partial charge in [0.25, 0.3) is 0 Å². The highest BCUT2D eigenvalue weighted by molar-refractivity contribution is 5.86. The van der Waals surface area contributed by atoms with Crippen LogP contribution >= 0.6 is 0 Å². The van der Waals surface area contributed by atoms with E-state index in [1.165, 1.54) is 0 Å². The molecule has 1 aromatic carbocycles. The lowest BCUT2D eigenvalue weighted by Gasteiger charge is -2.17. The van der Waals surface area contributed by atoms with E-state index in [2.05, 4.69) is 11.1 Å². The average molecular weight is 282 g/mol. The molecule has 1 N–H and O–H groups in total. The second-order valence-electron chi connectivity index (χ2n) is 5.51. The number of carbonyl (C=O) groups is 1. The van der Waals surface area contributed by atoms with E-state index in [0.717, 1.165) is 35.7 Å². The molecular formula is C17H18N2O2. The number of rotatable bonds is 3. The maximum atomic E-state index is 12.1. The lowest BCUT2D eigenvalue weighted by Crippen LogP contribution is -2.20. The van der Waals surface area contributed by atoms with Crippen LogP contribution in [0.2, 0.25) is 0 Å². The number of nitrogens with zero attached hydrogens (tertiary/aromatic N) is 1. The summed E-state index contributed by atoms with van der Waals surface area (Å²) in [5, 5.41) is 10.1. The molecule has 1 saturated carbocycles. The van der Waals surface area contributed by atoms with Crippen molar-refractivity contribution in [2.45, 2.75) is 32.1 Å². The van der Waals surface area contributed by atoms with Gasteiger partial charge < -0.3 is 9.72 Å². The van der Waals surface area contributed by atoms with Crippen LogP contribution in [0.3, 0.4) is 0 Å². The first-order valence-corrected chi connectivity index (χ1v) is 7.42. The number of aromatic nitrogens is 1. The Labute approximate surface area is 123 Å². The summed E-state index contributed by atoms with van der Waals surface area (Å²) in [4.78, 5) is 15.4. The number of nitrogens with one attached hydrogen (secondary N) is 1. The molecule has 0 spiro atoms. The Balaban J connectivity index is 1.99. The van der Waals surface area contributed by atoms with Gasteiger partial charge in [-0.05, 0) is 49.4 Å². The maximum absolute atomic E-state index is 12.1. The molecule has 2 unspecified atom stereocenters. The number of aromatic amines is 1. The summed E-state index contributed by atoms with van der Waals surface area (Å²) in [6.45, 7) is 2.27. The lowest BCUT2D eigenvalue weighted by atomic mass is 9.88. The minimum Gasteiger partial charge on any atom is -0.466 e. The maximum Gasteiger partial charge on any atom is 0.309 e. The van der Waals surface area contributed by atoms with Crippen LogP contribution in [0.5, 0.6) is 0 Å². The smallest absolute Gasteiger partial charge is 0.309 e. The van der Waals surface area contributed by atoms with Crippen LogP contribution in [0.1, 0.15) is 43.2 Å². The van der Waals surface area contributed by atoms with E-state index in [-0.39, 0.29) is 17.8 Å². The summed E-state index contributed by atoms with van der Waals surface area (Å²) in [6, 6.07) is 7.81. The first-order valence-electron chi connectivity index (χ1n) is 7.42. The molecule has 0 aliphatic heterocycles. The van der Waals surface area contributed by atoms with Gasteiger partial charge in [0.2, 0.25) is 0 Å². The Morgan fingerprint density at radius 2 is 2.33 bits per heavy atom. The number of H-pyrrole nitrogens is 1. The molecule has 1 aliphatic rings. The summed E-state index contributed by atoms with van der Waals surface area (Å²) in [7, 11) is 0. The van der Waals surface area contributed by atoms with Crippen molar-refractivity contribution in [1.82, 2.24) is 4.98 Å². The van der Waals surface area contributed by atoms with E-state index >= 15 is 0 Å². The molecule has 1 aliphatic carbocycles. The number of fused-ring (bicyclic) bond motifs is 1. The van der Waals surface area contributed by atoms with Crippen molar-refractivity contribution in [3.05, 3.63) is 35.5 Å². The number of ether oxygens (including phenoxy) is 1. The Hall–Kier alpha value is -2.28. The normalized spacial score (nSPS) is 21.3. The molecule has 0 amide bonds. The van der Waals surface area contributed by atoms with Crippen LogP contribution in [0.4, 0.5) is 0 Å². The van der Waals surface area contributed by atoms with E-state index in [1.54, 1.807) is 6.07 Å². The highest BCUT2D eigenvalue weighted by Crippen LogP contribution is 2.42. The predicted octanol–water partition coefficient (Wildman–Crippen LogP) is 3.49. The Kier molecular flexibility index (Phi) is 3.66. The van der Waals surface area contributed by atoms with Crippen LogP contribution in [0.25, 0.3) is 10.9 Å². The lowest BCUT2D eigenvalue weighted by molar-refractivity contribution is -0.148. The molecule has 0 radical (unpaired) electrons. The van der Waals surface area contributed by atoms with Gasteiger partial charge in [0.15, 0.2) is 0 Å². The zero-order chi connectivity index (χ0) is 14.8.